The maximum Gasteiger partial charge on any atom is 0.161 e. The standard InChI is InChI=1S/C67H39N3/c1-40-65(68-67(58-38-46-21-7-9-23-48(46)52-27-13-15-29-54(52)58)69-66(40)57-37-45-20-6-8-22-47(45)51-26-12-14-28-53(51)57)56-33-35-60(55-32-30-41-16-4-10-24-49(41)63(55)56)70-61-34-31-42-17-5-11-25-50(42)64(61)59-36-43-18-2-3-19-44(43)39-62(59)70/h2-29,31,33-39H,1H3. The van der Waals surface area contributed by atoms with E-state index in [1.807, 2.05) is 0 Å². The molecule has 0 N–H and O–H groups in total. The van der Waals surface area contributed by atoms with Crippen LogP contribution in [0.1, 0.15) is 5.56 Å². The summed E-state index contributed by atoms with van der Waals surface area (Å²) < 4.78 is 2.46. The molecule has 0 spiro atoms. The molecule has 0 saturated carbocycles. The van der Waals surface area contributed by atoms with Gasteiger partial charge in [-0.1, -0.05) is 182 Å². The Morgan fingerprint density at radius 1 is 0.343 bits per heavy atom. The largest absolute Gasteiger partial charge is 0.308 e. The fourth-order valence-electron chi connectivity index (χ4n) is 11.7. The number of rotatable bonds is 4. The minimum absolute atomic E-state index is 0.684. The van der Waals surface area contributed by atoms with E-state index in [1.165, 1.54) is 59.2 Å². The summed E-state index contributed by atoms with van der Waals surface area (Å²) in [6.45, 7) is 2.21. The topological polar surface area (TPSA) is 30.7 Å². The second-order valence-electron chi connectivity index (χ2n) is 18.7. The summed E-state index contributed by atoms with van der Waals surface area (Å²) in [4.78, 5) is 11.5. The second kappa shape index (κ2) is 14.8. The van der Waals surface area contributed by atoms with E-state index in [-0.39, 0.29) is 0 Å². The zero-order chi connectivity index (χ0) is 46.0. The molecule has 13 aromatic carbocycles. The van der Waals surface area contributed by atoms with Gasteiger partial charge in [0.2, 0.25) is 0 Å². The molecule has 2 heterocycles. The predicted octanol–water partition coefficient (Wildman–Crippen LogP) is 17.7. The van der Waals surface area contributed by atoms with Gasteiger partial charge >= 0.3 is 0 Å². The minimum atomic E-state index is 0.684. The van der Waals surface area contributed by atoms with Gasteiger partial charge in [-0.25, -0.2) is 9.97 Å². The molecule has 3 nitrogen and oxygen atoms in total. The molecule has 0 fully saturated rings. The van der Waals surface area contributed by atoms with Crippen molar-refractivity contribution < 1.29 is 0 Å². The minimum Gasteiger partial charge on any atom is -0.308 e. The number of benzene rings is 12. The lowest BCUT2D eigenvalue weighted by Gasteiger charge is -2.19. The molecule has 0 unspecified atom stereocenters. The Bertz CT molecular complexity index is 4730. The molecule has 0 bridgehead atoms. The molecule has 70 heavy (non-hydrogen) atoms. The molecule has 0 radical (unpaired) electrons. The fourth-order valence-corrected chi connectivity index (χ4v) is 11.7. The molecule has 2 aromatic heterocycles. The van der Waals surface area contributed by atoms with Crippen molar-refractivity contribution in [1.82, 2.24) is 14.5 Å². The van der Waals surface area contributed by atoms with Gasteiger partial charge in [0, 0.05) is 43.8 Å². The Kier molecular flexibility index (Phi) is 8.20. The van der Waals surface area contributed by atoms with E-state index in [0.29, 0.717) is 5.82 Å². The van der Waals surface area contributed by atoms with E-state index >= 15 is 0 Å². The van der Waals surface area contributed by atoms with E-state index < -0.39 is 0 Å². The van der Waals surface area contributed by atoms with Crippen LogP contribution < -0.4 is 0 Å². The predicted molar refractivity (Wildman–Crippen MR) is 295 cm³/mol. The molecule has 3 heteroatoms. The number of hydrogen-bond acceptors (Lipinski definition) is 2. The van der Waals surface area contributed by atoms with E-state index in [1.54, 1.807) is 0 Å². The van der Waals surface area contributed by atoms with Crippen LogP contribution in [0.15, 0.2) is 218 Å². The lowest BCUT2D eigenvalue weighted by molar-refractivity contribution is 1.15. The van der Waals surface area contributed by atoms with Gasteiger partial charge in [-0.05, 0) is 125 Å². The van der Waals surface area contributed by atoms with Crippen molar-refractivity contribution in [2.75, 3.05) is 0 Å². The van der Waals surface area contributed by atoms with Crippen molar-refractivity contribution in [3.8, 4) is 39.6 Å². The van der Waals surface area contributed by atoms with Gasteiger partial charge in [0.15, 0.2) is 5.82 Å². The molecule has 0 atom stereocenters. The van der Waals surface area contributed by atoms with Crippen molar-refractivity contribution >= 4 is 108 Å². The Balaban J connectivity index is 1.08. The first-order chi connectivity index (χ1) is 34.6. The molecule has 0 aliphatic carbocycles. The van der Waals surface area contributed by atoms with Gasteiger partial charge in [0.25, 0.3) is 0 Å². The third-order valence-corrected chi connectivity index (χ3v) is 14.9. The molecule has 322 valence electrons. The molecule has 0 saturated heterocycles. The summed E-state index contributed by atoms with van der Waals surface area (Å²) >= 11 is 0. The number of hydrogen-bond donors (Lipinski definition) is 0. The highest BCUT2D eigenvalue weighted by Crippen LogP contribution is 2.46. The summed E-state index contributed by atoms with van der Waals surface area (Å²) in [6, 6.07) is 86.7. The quantitative estimate of drug-likeness (QED) is 0.165. The Hall–Kier alpha value is -9.36. The van der Waals surface area contributed by atoms with Gasteiger partial charge in [-0.15, -0.1) is 0 Å². The van der Waals surface area contributed by atoms with Crippen molar-refractivity contribution in [2.45, 2.75) is 6.92 Å². The Morgan fingerprint density at radius 2 is 0.871 bits per heavy atom. The molecule has 0 aliphatic heterocycles. The third-order valence-electron chi connectivity index (χ3n) is 14.9. The van der Waals surface area contributed by atoms with Crippen molar-refractivity contribution in [2.24, 2.45) is 0 Å². The second-order valence-corrected chi connectivity index (χ2v) is 18.7. The smallest absolute Gasteiger partial charge is 0.161 e. The molecule has 0 aliphatic rings. The van der Waals surface area contributed by atoms with Crippen molar-refractivity contribution in [3.63, 3.8) is 0 Å². The average molecular weight is 886 g/mol. The lowest BCUT2D eigenvalue weighted by Crippen LogP contribution is -2.03. The summed E-state index contributed by atoms with van der Waals surface area (Å²) in [5.74, 6) is 0.684. The SMILES string of the molecule is Cc1c(-c2cc3ccccc3c3ccccc23)nc(-c2cc3ccccc3c3ccccc23)nc1-c1ccc(-n2c3cc4ccccc4cc3c3c4ccccc4ccc32)c2c#cc3ccccc3c12. The van der Waals surface area contributed by atoms with Gasteiger partial charge < -0.3 is 4.57 Å². The zero-order valence-electron chi connectivity index (χ0n) is 38.1. The first kappa shape index (κ1) is 38.7. The van der Waals surface area contributed by atoms with Crippen molar-refractivity contribution in [1.29, 1.82) is 0 Å². The van der Waals surface area contributed by atoms with Crippen LogP contribution in [0, 0.1) is 19.1 Å². The van der Waals surface area contributed by atoms with Gasteiger partial charge in [0.1, 0.15) is 0 Å². The van der Waals surface area contributed by atoms with Crippen LogP contribution in [0.4, 0.5) is 0 Å². The van der Waals surface area contributed by atoms with E-state index in [9.17, 15) is 0 Å². The van der Waals surface area contributed by atoms with Gasteiger partial charge in [-0.2, -0.15) is 0 Å². The normalized spacial score (nSPS) is 12.0. The number of aromatic nitrogens is 3. The highest BCUT2D eigenvalue weighted by Gasteiger charge is 2.24. The first-order valence-electron chi connectivity index (χ1n) is 24.0. The molecule has 0 amide bonds. The van der Waals surface area contributed by atoms with E-state index in [0.717, 1.165) is 88.1 Å². The van der Waals surface area contributed by atoms with E-state index in [2.05, 4.69) is 242 Å². The first-order valence-corrected chi connectivity index (χ1v) is 24.0. The molecular formula is C67H39N3. The highest BCUT2D eigenvalue weighted by molar-refractivity contribution is 6.25. The van der Waals surface area contributed by atoms with Crippen molar-refractivity contribution in [3.05, 3.63) is 236 Å². The number of fused-ring (bicyclic) bond motifs is 15. The summed E-state index contributed by atoms with van der Waals surface area (Å²) in [5.41, 5.74) is 9.24. The summed E-state index contributed by atoms with van der Waals surface area (Å²) in [7, 11) is 0. The Labute approximate surface area is 403 Å². The molecule has 15 aromatic rings. The maximum atomic E-state index is 5.77. The zero-order valence-corrected chi connectivity index (χ0v) is 38.1. The number of nitrogens with zero attached hydrogens (tertiary/aromatic N) is 3. The monoisotopic (exact) mass is 885 g/mol. The van der Waals surface area contributed by atoms with Crippen LogP contribution >= 0.6 is 0 Å². The Morgan fingerprint density at radius 3 is 1.57 bits per heavy atom. The highest BCUT2D eigenvalue weighted by atomic mass is 15.0. The summed E-state index contributed by atoms with van der Waals surface area (Å²) in [6.07, 6.45) is 0. The van der Waals surface area contributed by atoms with E-state index in [4.69, 9.17) is 9.97 Å². The van der Waals surface area contributed by atoms with Crippen LogP contribution in [0.25, 0.3) is 148 Å². The average Bonchev–Trinajstić information content (AvgIpc) is 3.75. The third kappa shape index (κ3) is 5.59. The van der Waals surface area contributed by atoms with Crippen LogP contribution in [-0.2, 0) is 0 Å². The lowest BCUT2D eigenvalue weighted by atomic mass is 9.90. The van der Waals surface area contributed by atoms with Crippen LogP contribution in [0.2, 0.25) is 0 Å². The maximum absolute atomic E-state index is 5.77. The van der Waals surface area contributed by atoms with Gasteiger partial charge in [-0.3, -0.25) is 0 Å². The molecular weight excluding hydrogens is 847 g/mol. The summed E-state index contributed by atoms with van der Waals surface area (Å²) in [5, 5.41) is 20.9. The van der Waals surface area contributed by atoms with Gasteiger partial charge in [0.05, 0.1) is 33.5 Å². The van der Waals surface area contributed by atoms with Crippen LogP contribution in [0.3, 0.4) is 0 Å². The molecule has 15 rings (SSSR count). The fraction of sp³-hybridized carbons (Fsp3) is 0.0149. The van der Waals surface area contributed by atoms with Crippen LogP contribution in [0.5, 0.6) is 0 Å². The van der Waals surface area contributed by atoms with Crippen LogP contribution in [-0.4, -0.2) is 14.5 Å².